The summed E-state index contributed by atoms with van der Waals surface area (Å²) >= 11 is 0. The molecule has 0 bridgehead atoms. The number of rotatable bonds is 8. The summed E-state index contributed by atoms with van der Waals surface area (Å²) in [4.78, 5) is 0. The fraction of sp³-hybridized carbons (Fsp3) is 1.00. The van der Waals surface area contributed by atoms with E-state index in [1.807, 2.05) is 0 Å². The molecule has 0 amide bonds. The third-order valence-electron chi connectivity index (χ3n) is 2.93. The fourth-order valence-corrected chi connectivity index (χ4v) is 1.98. The highest BCUT2D eigenvalue weighted by molar-refractivity contribution is 4.75. The zero-order chi connectivity index (χ0) is 11.0. The molecule has 0 saturated carbocycles. The molecule has 0 aromatic carbocycles. The predicted molar refractivity (Wildman–Crippen MR) is 62.5 cm³/mol. The average molecular weight is 201 g/mol. The van der Waals surface area contributed by atoms with Crippen LogP contribution < -0.4 is 5.32 Å². The third kappa shape index (κ3) is 5.61. The van der Waals surface area contributed by atoms with E-state index in [9.17, 15) is 0 Å². The molecule has 0 aliphatic heterocycles. The molecule has 2 N–H and O–H groups in total. The second-order valence-corrected chi connectivity index (χ2v) is 4.36. The number of nitrogens with one attached hydrogen (secondary N) is 1. The van der Waals surface area contributed by atoms with Crippen molar-refractivity contribution in [3.8, 4) is 0 Å². The van der Waals surface area contributed by atoms with Crippen molar-refractivity contribution in [2.45, 2.75) is 65.5 Å². The zero-order valence-electron chi connectivity index (χ0n) is 10.2. The molecule has 0 saturated heterocycles. The molecule has 0 spiro atoms. The third-order valence-corrected chi connectivity index (χ3v) is 2.93. The SMILES string of the molecule is CCCC(C)C(CC)NC(C)CCO. The Kier molecular flexibility index (Phi) is 8.20. The van der Waals surface area contributed by atoms with Crippen molar-refractivity contribution in [1.29, 1.82) is 0 Å². The molecule has 2 nitrogen and oxygen atoms in total. The van der Waals surface area contributed by atoms with E-state index in [1.165, 1.54) is 19.3 Å². The lowest BCUT2D eigenvalue weighted by atomic mass is 9.94. The highest BCUT2D eigenvalue weighted by atomic mass is 16.3. The molecule has 3 atom stereocenters. The minimum Gasteiger partial charge on any atom is -0.396 e. The Bertz CT molecular complexity index is 127. The summed E-state index contributed by atoms with van der Waals surface area (Å²) in [5, 5.41) is 12.4. The first kappa shape index (κ1) is 13.9. The number of hydrogen-bond donors (Lipinski definition) is 2. The summed E-state index contributed by atoms with van der Waals surface area (Å²) in [6, 6.07) is 1.04. The predicted octanol–water partition coefficient (Wildman–Crippen LogP) is 2.56. The van der Waals surface area contributed by atoms with Crippen LogP contribution in [-0.4, -0.2) is 23.8 Å². The smallest absolute Gasteiger partial charge is 0.0445 e. The van der Waals surface area contributed by atoms with Gasteiger partial charge in [0.1, 0.15) is 0 Å². The van der Waals surface area contributed by atoms with E-state index in [1.54, 1.807) is 0 Å². The van der Waals surface area contributed by atoms with Crippen molar-refractivity contribution in [2.24, 2.45) is 5.92 Å². The van der Waals surface area contributed by atoms with Crippen LogP contribution in [0.1, 0.15) is 53.4 Å². The number of aliphatic hydroxyl groups is 1. The molecule has 3 unspecified atom stereocenters. The van der Waals surface area contributed by atoms with Crippen LogP contribution in [0.4, 0.5) is 0 Å². The first-order valence-corrected chi connectivity index (χ1v) is 6.02. The molecule has 0 aromatic heterocycles. The molecule has 2 heteroatoms. The monoisotopic (exact) mass is 201 g/mol. The lowest BCUT2D eigenvalue weighted by Crippen LogP contribution is -2.40. The Morgan fingerprint density at radius 3 is 2.21 bits per heavy atom. The molecule has 0 aliphatic rings. The summed E-state index contributed by atoms with van der Waals surface area (Å²) in [6.45, 7) is 9.22. The summed E-state index contributed by atoms with van der Waals surface area (Å²) in [5.74, 6) is 0.742. The first-order chi connectivity index (χ1) is 6.65. The maximum absolute atomic E-state index is 8.82. The highest BCUT2D eigenvalue weighted by Crippen LogP contribution is 2.14. The number of aliphatic hydroxyl groups excluding tert-OH is 1. The van der Waals surface area contributed by atoms with Gasteiger partial charge in [0.25, 0.3) is 0 Å². The van der Waals surface area contributed by atoms with Gasteiger partial charge in [-0.2, -0.15) is 0 Å². The van der Waals surface area contributed by atoms with Gasteiger partial charge in [-0.15, -0.1) is 0 Å². The molecule has 0 fully saturated rings. The molecule has 0 aliphatic carbocycles. The van der Waals surface area contributed by atoms with Gasteiger partial charge in [-0.25, -0.2) is 0 Å². The molecule has 0 rings (SSSR count). The van der Waals surface area contributed by atoms with Gasteiger partial charge in [-0.1, -0.05) is 27.2 Å². The first-order valence-electron chi connectivity index (χ1n) is 6.02. The van der Waals surface area contributed by atoms with Crippen LogP contribution in [0.2, 0.25) is 0 Å². The van der Waals surface area contributed by atoms with Crippen molar-refractivity contribution >= 4 is 0 Å². The summed E-state index contributed by atoms with van der Waals surface area (Å²) in [6.07, 6.45) is 4.58. The lowest BCUT2D eigenvalue weighted by molar-refractivity contribution is 0.247. The maximum atomic E-state index is 8.82. The normalized spacial score (nSPS) is 17.8. The maximum Gasteiger partial charge on any atom is 0.0445 e. The van der Waals surface area contributed by atoms with Gasteiger partial charge in [0.2, 0.25) is 0 Å². The van der Waals surface area contributed by atoms with Gasteiger partial charge in [0.05, 0.1) is 0 Å². The second kappa shape index (κ2) is 8.25. The van der Waals surface area contributed by atoms with Gasteiger partial charge >= 0.3 is 0 Å². The Morgan fingerprint density at radius 1 is 1.14 bits per heavy atom. The average Bonchev–Trinajstić information content (AvgIpc) is 2.15. The standard InChI is InChI=1S/C12H27NO/c1-5-7-10(3)12(6-2)13-11(4)8-9-14/h10-14H,5-9H2,1-4H3. The Hall–Kier alpha value is -0.0800. The fourth-order valence-electron chi connectivity index (χ4n) is 1.98. The van der Waals surface area contributed by atoms with Crippen LogP contribution in [0.3, 0.4) is 0 Å². The van der Waals surface area contributed by atoms with Crippen molar-refractivity contribution in [3.63, 3.8) is 0 Å². The van der Waals surface area contributed by atoms with E-state index >= 15 is 0 Å². The van der Waals surface area contributed by atoms with Crippen LogP contribution in [0.5, 0.6) is 0 Å². The van der Waals surface area contributed by atoms with Gasteiger partial charge in [-0.3, -0.25) is 0 Å². The van der Waals surface area contributed by atoms with Gasteiger partial charge in [0.15, 0.2) is 0 Å². The summed E-state index contributed by atoms with van der Waals surface area (Å²) in [7, 11) is 0. The van der Waals surface area contributed by atoms with Crippen molar-refractivity contribution in [3.05, 3.63) is 0 Å². The topological polar surface area (TPSA) is 32.3 Å². The van der Waals surface area contributed by atoms with Crippen LogP contribution in [0.15, 0.2) is 0 Å². The van der Waals surface area contributed by atoms with E-state index in [2.05, 4.69) is 33.0 Å². The zero-order valence-corrected chi connectivity index (χ0v) is 10.2. The van der Waals surface area contributed by atoms with Crippen LogP contribution >= 0.6 is 0 Å². The highest BCUT2D eigenvalue weighted by Gasteiger charge is 2.16. The minimum atomic E-state index is 0.284. The van der Waals surface area contributed by atoms with Gasteiger partial charge in [0, 0.05) is 18.7 Å². The number of hydrogen-bond acceptors (Lipinski definition) is 2. The Morgan fingerprint density at radius 2 is 1.79 bits per heavy atom. The van der Waals surface area contributed by atoms with Crippen LogP contribution in [0, 0.1) is 5.92 Å². The lowest BCUT2D eigenvalue weighted by Gasteiger charge is -2.27. The second-order valence-electron chi connectivity index (χ2n) is 4.36. The molecule has 0 radical (unpaired) electrons. The minimum absolute atomic E-state index is 0.284. The molecule has 86 valence electrons. The largest absolute Gasteiger partial charge is 0.396 e. The molecular weight excluding hydrogens is 174 g/mol. The van der Waals surface area contributed by atoms with Crippen molar-refractivity contribution in [1.82, 2.24) is 5.32 Å². The van der Waals surface area contributed by atoms with Crippen LogP contribution in [0.25, 0.3) is 0 Å². The Balaban J connectivity index is 3.87. The molecule has 0 heterocycles. The van der Waals surface area contributed by atoms with E-state index < -0.39 is 0 Å². The Labute approximate surface area is 89.1 Å². The van der Waals surface area contributed by atoms with E-state index in [0.717, 1.165) is 12.3 Å². The molecule has 14 heavy (non-hydrogen) atoms. The summed E-state index contributed by atoms with van der Waals surface area (Å²) < 4.78 is 0. The van der Waals surface area contributed by atoms with Gasteiger partial charge in [-0.05, 0) is 32.1 Å². The molecule has 0 aromatic rings. The van der Waals surface area contributed by atoms with Crippen LogP contribution in [-0.2, 0) is 0 Å². The van der Waals surface area contributed by atoms with E-state index in [-0.39, 0.29) is 6.61 Å². The summed E-state index contributed by atoms with van der Waals surface area (Å²) in [5.41, 5.74) is 0. The van der Waals surface area contributed by atoms with E-state index in [0.29, 0.717) is 12.1 Å². The van der Waals surface area contributed by atoms with Gasteiger partial charge < -0.3 is 10.4 Å². The van der Waals surface area contributed by atoms with Crippen molar-refractivity contribution in [2.75, 3.05) is 6.61 Å². The quantitative estimate of drug-likeness (QED) is 0.632. The van der Waals surface area contributed by atoms with Crippen molar-refractivity contribution < 1.29 is 5.11 Å². The van der Waals surface area contributed by atoms with E-state index in [4.69, 9.17) is 5.11 Å². The molecular formula is C12H27NO.